The fraction of sp³-hybridized carbons (Fsp3) is 1.00. The van der Waals surface area contributed by atoms with E-state index in [9.17, 15) is 15.3 Å². The van der Waals surface area contributed by atoms with Crippen molar-refractivity contribution in [2.45, 2.75) is 84.0 Å². The molecule has 23 heavy (non-hydrogen) atoms. The molecule has 4 aliphatic rings. The quantitative estimate of drug-likeness (QED) is 0.642. The molecule has 0 aromatic carbocycles. The van der Waals surface area contributed by atoms with Gasteiger partial charge in [0, 0.05) is 0 Å². The van der Waals surface area contributed by atoms with Crippen molar-refractivity contribution in [1.29, 1.82) is 0 Å². The second-order valence-corrected chi connectivity index (χ2v) is 9.93. The summed E-state index contributed by atoms with van der Waals surface area (Å²) in [5.74, 6) is 2.39. The summed E-state index contributed by atoms with van der Waals surface area (Å²) in [6.07, 6.45) is 6.44. The number of aliphatic hydroxyl groups excluding tert-OH is 3. The van der Waals surface area contributed by atoms with E-state index in [2.05, 4.69) is 20.8 Å². The first-order chi connectivity index (χ1) is 10.8. The van der Waals surface area contributed by atoms with Crippen LogP contribution in [-0.2, 0) is 0 Å². The summed E-state index contributed by atoms with van der Waals surface area (Å²) in [7, 11) is 0. The van der Waals surface area contributed by atoms with E-state index in [0.717, 1.165) is 32.1 Å². The fourth-order valence-electron chi connectivity index (χ4n) is 7.70. The molecule has 0 bridgehead atoms. The first kappa shape index (κ1) is 16.4. The molecule has 3 N–H and O–H groups in total. The average molecular weight is 322 g/mol. The van der Waals surface area contributed by atoms with Gasteiger partial charge in [-0.05, 0) is 85.4 Å². The standard InChI is InChI=1S/C20H34O3/c1-11-9-19(2)12(8-15(11)21)4-5-13-14-6-7-17(23)20(14,3)10-16(22)18(13)19/h11-18,21-23H,4-10H2,1-3H3/t11-,12+,13+,14+,15?,16+,17+,18-,19+,20+/m1/s1. The lowest BCUT2D eigenvalue weighted by atomic mass is 9.43. The van der Waals surface area contributed by atoms with Gasteiger partial charge < -0.3 is 15.3 Å². The molecule has 0 heterocycles. The highest BCUT2D eigenvalue weighted by molar-refractivity contribution is 5.12. The Morgan fingerprint density at radius 2 is 1.57 bits per heavy atom. The minimum absolute atomic E-state index is 0.0798. The van der Waals surface area contributed by atoms with Gasteiger partial charge in [-0.25, -0.2) is 0 Å². The monoisotopic (exact) mass is 322 g/mol. The Balaban J connectivity index is 1.68. The van der Waals surface area contributed by atoms with Crippen LogP contribution >= 0.6 is 0 Å². The second-order valence-electron chi connectivity index (χ2n) is 9.93. The third-order valence-electron chi connectivity index (χ3n) is 8.89. The van der Waals surface area contributed by atoms with E-state index >= 15 is 0 Å². The SMILES string of the molecule is C[C@@H]1C[C@@]2(C)[C@@H](CC[C@@H]3[C@@H]2[C@@H](O)C[C@]2(C)[C@@H](O)CC[C@@H]32)CC1O. The highest BCUT2D eigenvalue weighted by Gasteiger charge is 2.63. The summed E-state index contributed by atoms with van der Waals surface area (Å²) in [6, 6.07) is 0. The van der Waals surface area contributed by atoms with Crippen molar-refractivity contribution < 1.29 is 15.3 Å². The summed E-state index contributed by atoms with van der Waals surface area (Å²) < 4.78 is 0. The zero-order valence-electron chi connectivity index (χ0n) is 14.9. The van der Waals surface area contributed by atoms with E-state index in [-0.39, 0.29) is 29.1 Å². The van der Waals surface area contributed by atoms with Gasteiger partial charge in [0.15, 0.2) is 0 Å². The van der Waals surface area contributed by atoms with Crippen LogP contribution in [0.3, 0.4) is 0 Å². The highest BCUT2D eigenvalue weighted by Crippen LogP contribution is 2.66. The predicted molar refractivity (Wildman–Crippen MR) is 89.7 cm³/mol. The van der Waals surface area contributed by atoms with Gasteiger partial charge in [-0.2, -0.15) is 0 Å². The number of fused-ring (bicyclic) bond motifs is 5. The maximum absolute atomic E-state index is 11.1. The van der Waals surface area contributed by atoms with Crippen molar-refractivity contribution in [3.8, 4) is 0 Å². The minimum atomic E-state index is -0.288. The van der Waals surface area contributed by atoms with Crippen LogP contribution in [0.5, 0.6) is 0 Å². The van der Waals surface area contributed by atoms with Crippen LogP contribution in [0.4, 0.5) is 0 Å². The molecule has 4 saturated carbocycles. The molecule has 0 aromatic rings. The van der Waals surface area contributed by atoms with Crippen molar-refractivity contribution in [2.24, 2.45) is 40.4 Å². The first-order valence-corrected chi connectivity index (χ1v) is 9.81. The van der Waals surface area contributed by atoms with Crippen LogP contribution in [0.1, 0.15) is 65.7 Å². The number of aliphatic hydroxyl groups is 3. The molecule has 132 valence electrons. The molecule has 4 fully saturated rings. The molecule has 4 aliphatic carbocycles. The Morgan fingerprint density at radius 3 is 2.30 bits per heavy atom. The number of rotatable bonds is 0. The second kappa shape index (κ2) is 5.19. The fourth-order valence-corrected chi connectivity index (χ4v) is 7.70. The summed E-state index contributed by atoms with van der Waals surface area (Å²) in [6.45, 7) is 6.79. The molecular weight excluding hydrogens is 288 g/mol. The van der Waals surface area contributed by atoms with Crippen LogP contribution in [0.25, 0.3) is 0 Å². The molecular formula is C20H34O3. The Labute approximate surface area is 140 Å². The smallest absolute Gasteiger partial charge is 0.0597 e. The Hall–Kier alpha value is -0.120. The molecule has 0 aromatic heterocycles. The molecule has 1 unspecified atom stereocenters. The van der Waals surface area contributed by atoms with Crippen LogP contribution in [0.2, 0.25) is 0 Å². The van der Waals surface area contributed by atoms with E-state index in [0.29, 0.717) is 29.6 Å². The predicted octanol–water partition coefficient (Wildman–Crippen LogP) is 2.97. The highest BCUT2D eigenvalue weighted by atomic mass is 16.3. The van der Waals surface area contributed by atoms with Gasteiger partial charge in [0.25, 0.3) is 0 Å². The van der Waals surface area contributed by atoms with Gasteiger partial charge in [0.1, 0.15) is 0 Å². The van der Waals surface area contributed by atoms with Gasteiger partial charge in [-0.1, -0.05) is 20.8 Å². The number of hydrogen-bond acceptors (Lipinski definition) is 3. The molecule has 10 atom stereocenters. The summed E-state index contributed by atoms with van der Waals surface area (Å²) in [5.41, 5.74) is 0.0828. The molecule has 0 radical (unpaired) electrons. The zero-order chi connectivity index (χ0) is 16.6. The van der Waals surface area contributed by atoms with E-state index in [4.69, 9.17) is 0 Å². The van der Waals surface area contributed by atoms with Crippen molar-refractivity contribution in [3.63, 3.8) is 0 Å². The summed E-state index contributed by atoms with van der Waals surface area (Å²) in [4.78, 5) is 0. The van der Waals surface area contributed by atoms with E-state index < -0.39 is 0 Å². The van der Waals surface area contributed by atoms with E-state index in [1.54, 1.807) is 0 Å². The average Bonchev–Trinajstić information content (AvgIpc) is 2.76. The zero-order valence-corrected chi connectivity index (χ0v) is 14.9. The van der Waals surface area contributed by atoms with E-state index in [1.165, 1.54) is 12.8 Å². The molecule has 3 heteroatoms. The first-order valence-electron chi connectivity index (χ1n) is 9.81. The lowest BCUT2D eigenvalue weighted by Gasteiger charge is -2.62. The molecule has 0 spiro atoms. The largest absolute Gasteiger partial charge is 0.393 e. The molecule has 3 nitrogen and oxygen atoms in total. The summed E-state index contributed by atoms with van der Waals surface area (Å²) >= 11 is 0. The number of hydrogen-bond donors (Lipinski definition) is 3. The van der Waals surface area contributed by atoms with Crippen molar-refractivity contribution in [1.82, 2.24) is 0 Å². The van der Waals surface area contributed by atoms with Crippen LogP contribution in [0, 0.1) is 40.4 Å². The third kappa shape index (κ3) is 2.12. The van der Waals surface area contributed by atoms with Crippen LogP contribution < -0.4 is 0 Å². The van der Waals surface area contributed by atoms with Gasteiger partial charge in [-0.15, -0.1) is 0 Å². The van der Waals surface area contributed by atoms with Crippen molar-refractivity contribution in [2.75, 3.05) is 0 Å². The van der Waals surface area contributed by atoms with Gasteiger partial charge in [0.2, 0.25) is 0 Å². The van der Waals surface area contributed by atoms with Crippen LogP contribution in [-0.4, -0.2) is 33.6 Å². The van der Waals surface area contributed by atoms with Crippen molar-refractivity contribution >= 4 is 0 Å². The molecule has 0 amide bonds. The molecule has 0 aliphatic heterocycles. The third-order valence-corrected chi connectivity index (χ3v) is 8.89. The lowest BCUT2D eigenvalue weighted by molar-refractivity contribution is -0.190. The topological polar surface area (TPSA) is 60.7 Å². The Morgan fingerprint density at radius 1 is 0.826 bits per heavy atom. The normalized spacial score (nSPS) is 62.3. The Kier molecular flexibility index (Phi) is 3.69. The van der Waals surface area contributed by atoms with E-state index in [1.807, 2.05) is 0 Å². The van der Waals surface area contributed by atoms with Crippen LogP contribution in [0.15, 0.2) is 0 Å². The Bertz CT molecular complexity index is 480. The van der Waals surface area contributed by atoms with Gasteiger partial charge >= 0.3 is 0 Å². The summed E-state index contributed by atoms with van der Waals surface area (Å²) in [5, 5.41) is 32.0. The lowest BCUT2D eigenvalue weighted by Crippen LogP contribution is -2.60. The maximum atomic E-state index is 11.1. The van der Waals surface area contributed by atoms with Gasteiger partial charge in [-0.3, -0.25) is 0 Å². The van der Waals surface area contributed by atoms with Crippen molar-refractivity contribution in [3.05, 3.63) is 0 Å². The maximum Gasteiger partial charge on any atom is 0.0597 e. The molecule has 4 rings (SSSR count). The minimum Gasteiger partial charge on any atom is -0.393 e. The molecule has 0 saturated heterocycles. The van der Waals surface area contributed by atoms with Gasteiger partial charge in [0.05, 0.1) is 18.3 Å².